The first-order valence-electron chi connectivity index (χ1n) is 5.54. The van der Waals surface area contributed by atoms with E-state index < -0.39 is 0 Å². The maximum atomic E-state index is 11.7. The summed E-state index contributed by atoms with van der Waals surface area (Å²) in [4.78, 5) is 11.7. The van der Waals surface area contributed by atoms with Gasteiger partial charge in [-0.05, 0) is 23.8 Å². The monoisotopic (exact) mass is 233 g/mol. The van der Waals surface area contributed by atoms with Gasteiger partial charge < -0.3 is 4.74 Å². The first kappa shape index (κ1) is 14.6. The maximum Gasteiger partial charge on any atom is 0.419 e. The van der Waals surface area contributed by atoms with Gasteiger partial charge in [-0.25, -0.2) is 4.79 Å². The Balaban J connectivity index is 4.04. The second kappa shape index (κ2) is 7.85. The molecule has 0 N–H and O–H groups in total. The van der Waals surface area contributed by atoms with Gasteiger partial charge in [0.25, 0.3) is 0 Å². The van der Waals surface area contributed by atoms with Gasteiger partial charge in [-0.15, -0.1) is 0 Å². The van der Waals surface area contributed by atoms with E-state index in [0.717, 1.165) is 12.3 Å². The van der Waals surface area contributed by atoms with Crippen molar-refractivity contribution in [3.63, 3.8) is 0 Å². The lowest BCUT2D eigenvalue weighted by Crippen LogP contribution is -2.30. The summed E-state index contributed by atoms with van der Waals surface area (Å²) in [6, 6.07) is 0. The lowest BCUT2D eigenvalue weighted by molar-refractivity contribution is 0.114. The SMILES string of the molecule is CCSN(CC(C)C)C(=O)OCC(C)C. The highest BCUT2D eigenvalue weighted by molar-refractivity contribution is 7.97. The molecule has 0 radical (unpaired) electrons. The van der Waals surface area contributed by atoms with Gasteiger partial charge >= 0.3 is 6.09 Å². The van der Waals surface area contributed by atoms with Crippen LogP contribution in [0.5, 0.6) is 0 Å². The van der Waals surface area contributed by atoms with Crippen molar-refractivity contribution in [3.05, 3.63) is 0 Å². The van der Waals surface area contributed by atoms with Crippen LogP contribution in [0.15, 0.2) is 0 Å². The second-order valence-electron chi connectivity index (χ2n) is 4.34. The number of amides is 1. The van der Waals surface area contributed by atoms with Crippen LogP contribution in [0.2, 0.25) is 0 Å². The van der Waals surface area contributed by atoms with Crippen LogP contribution in [0, 0.1) is 11.8 Å². The summed E-state index contributed by atoms with van der Waals surface area (Å²) in [5.74, 6) is 1.75. The number of hydrogen-bond acceptors (Lipinski definition) is 3. The third-order valence-corrected chi connectivity index (χ3v) is 2.43. The minimum absolute atomic E-state index is 0.204. The number of nitrogens with zero attached hydrogens (tertiary/aromatic N) is 1. The van der Waals surface area contributed by atoms with Gasteiger partial charge in [0.1, 0.15) is 0 Å². The standard InChI is InChI=1S/C11H23NO2S/c1-6-15-12(7-9(2)3)11(13)14-8-10(4)5/h9-10H,6-8H2,1-5H3. The molecule has 0 atom stereocenters. The molecular weight excluding hydrogens is 210 g/mol. The molecule has 15 heavy (non-hydrogen) atoms. The van der Waals surface area contributed by atoms with Gasteiger partial charge in [0.15, 0.2) is 0 Å². The minimum atomic E-state index is -0.204. The second-order valence-corrected chi connectivity index (χ2v) is 5.62. The Morgan fingerprint density at radius 1 is 1.27 bits per heavy atom. The average molecular weight is 233 g/mol. The predicted octanol–water partition coefficient (Wildman–Crippen LogP) is 3.41. The topological polar surface area (TPSA) is 29.5 Å². The van der Waals surface area contributed by atoms with Crippen molar-refractivity contribution in [1.29, 1.82) is 0 Å². The molecule has 0 saturated carbocycles. The Hall–Kier alpha value is -0.380. The van der Waals surface area contributed by atoms with Crippen molar-refractivity contribution < 1.29 is 9.53 Å². The van der Waals surface area contributed by atoms with E-state index in [4.69, 9.17) is 4.74 Å². The molecular formula is C11H23NO2S. The summed E-state index contributed by atoms with van der Waals surface area (Å²) in [5.41, 5.74) is 0. The summed E-state index contributed by atoms with van der Waals surface area (Å²) < 4.78 is 6.90. The highest BCUT2D eigenvalue weighted by atomic mass is 32.2. The third-order valence-electron chi connectivity index (χ3n) is 1.56. The van der Waals surface area contributed by atoms with Crippen molar-refractivity contribution in [3.8, 4) is 0 Å². The van der Waals surface area contributed by atoms with E-state index in [9.17, 15) is 4.79 Å². The Kier molecular flexibility index (Phi) is 7.65. The third kappa shape index (κ3) is 7.54. The first-order chi connectivity index (χ1) is 6.97. The lowest BCUT2D eigenvalue weighted by atomic mass is 10.2. The molecule has 0 rings (SSSR count). The summed E-state index contributed by atoms with van der Waals surface area (Å²) in [6.45, 7) is 11.5. The van der Waals surface area contributed by atoms with Crippen LogP contribution < -0.4 is 0 Å². The molecule has 0 aliphatic rings. The fourth-order valence-electron chi connectivity index (χ4n) is 0.977. The highest BCUT2D eigenvalue weighted by Crippen LogP contribution is 2.14. The molecule has 90 valence electrons. The normalized spacial score (nSPS) is 10.9. The fraction of sp³-hybridized carbons (Fsp3) is 0.909. The smallest absolute Gasteiger partial charge is 0.419 e. The molecule has 0 fully saturated rings. The van der Waals surface area contributed by atoms with Gasteiger partial charge in [0.05, 0.1) is 6.61 Å². The van der Waals surface area contributed by atoms with Gasteiger partial charge in [0, 0.05) is 12.3 Å². The van der Waals surface area contributed by atoms with Crippen LogP contribution >= 0.6 is 11.9 Å². The number of rotatable bonds is 6. The largest absolute Gasteiger partial charge is 0.449 e. The Morgan fingerprint density at radius 2 is 1.87 bits per heavy atom. The van der Waals surface area contributed by atoms with E-state index in [2.05, 4.69) is 13.8 Å². The van der Waals surface area contributed by atoms with Gasteiger partial charge in [-0.2, -0.15) is 0 Å². The molecule has 1 amide bonds. The molecule has 0 aromatic heterocycles. The predicted molar refractivity (Wildman–Crippen MR) is 65.9 cm³/mol. The summed E-state index contributed by atoms with van der Waals surface area (Å²) >= 11 is 1.52. The number of hydrogen-bond donors (Lipinski definition) is 0. The fourth-order valence-corrected chi connectivity index (χ4v) is 1.85. The van der Waals surface area contributed by atoms with Gasteiger partial charge in [-0.1, -0.05) is 34.6 Å². The zero-order valence-electron chi connectivity index (χ0n) is 10.4. The van der Waals surface area contributed by atoms with Crippen molar-refractivity contribution >= 4 is 18.0 Å². The molecule has 0 unspecified atom stereocenters. The van der Waals surface area contributed by atoms with Crippen LogP contribution in [0.4, 0.5) is 4.79 Å². The summed E-state index contributed by atoms with van der Waals surface area (Å²) in [5, 5.41) is 0. The highest BCUT2D eigenvalue weighted by Gasteiger charge is 2.16. The van der Waals surface area contributed by atoms with E-state index >= 15 is 0 Å². The number of carbonyl (C=O) groups excluding carboxylic acids is 1. The van der Waals surface area contributed by atoms with E-state index in [1.54, 1.807) is 4.31 Å². The molecule has 0 aliphatic heterocycles. The summed E-state index contributed by atoms with van der Waals surface area (Å²) in [7, 11) is 0. The zero-order chi connectivity index (χ0) is 11.8. The van der Waals surface area contributed by atoms with Crippen LogP contribution in [0.3, 0.4) is 0 Å². The molecule has 0 saturated heterocycles. The van der Waals surface area contributed by atoms with Gasteiger partial charge in [-0.3, -0.25) is 4.31 Å². The Labute approximate surface area is 97.7 Å². The van der Waals surface area contributed by atoms with E-state index in [1.807, 2.05) is 20.8 Å². The summed E-state index contributed by atoms with van der Waals surface area (Å²) in [6.07, 6.45) is -0.204. The van der Waals surface area contributed by atoms with Crippen molar-refractivity contribution in [2.75, 3.05) is 18.9 Å². The molecule has 0 aromatic rings. The first-order valence-corrected chi connectivity index (χ1v) is 6.48. The van der Waals surface area contributed by atoms with Crippen molar-refractivity contribution in [1.82, 2.24) is 4.31 Å². The molecule has 3 nitrogen and oxygen atoms in total. The van der Waals surface area contributed by atoms with E-state index in [1.165, 1.54) is 11.9 Å². The van der Waals surface area contributed by atoms with Crippen LogP contribution in [0.25, 0.3) is 0 Å². The maximum absolute atomic E-state index is 11.7. The lowest BCUT2D eigenvalue weighted by Gasteiger charge is -2.22. The number of ether oxygens (including phenoxy) is 1. The van der Waals surface area contributed by atoms with Crippen molar-refractivity contribution in [2.24, 2.45) is 11.8 Å². The molecule has 0 heterocycles. The molecule has 4 heteroatoms. The van der Waals surface area contributed by atoms with E-state index in [0.29, 0.717) is 18.4 Å². The average Bonchev–Trinajstić information content (AvgIpc) is 2.12. The Bertz CT molecular complexity index is 183. The van der Waals surface area contributed by atoms with Crippen LogP contribution in [-0.4, -0.2) is 29.3 Å². The molecule has 0 aromatic carbocycles. The van der Waals surface area contributed by atoms with Crippen LogP contribution in [0.1, 0.15) is 34.6 Å². The Morgan fingerprint density at radius 3 is 2.27 bits per heavy atom. The molecule has 0 spiro atoms. The van der Waals surface area contributed by atoms with Crippen molar-refractivity contribution in [2.45, 2.75) is 34.6 Å². The zero-order valence-corrected chi connectivity index (χ0v) is 11.3. The quantitative estimate of drug-likeness (QED) is 0.658. The molecule has 0 aliphatic carbocycles. The minimum Gasteiger partial charge on any atom is -0.449 e. The van der Waals surface area contributed by atoms with Crippen LogP contribution in [-0.2, 0) is 4.74 Å². The number of carbonyl (C=O) groups is 1. The van der Waals surface area contributed by atoms with Gasteiger partial charge in [0.2, 0.25) is 0 Å². The van der Waals surface area contributed by atoms with E-state index in [-0.39, 0.29) is 6.09 Å². The molecule has 0 bridgehead atoms.